The molecule has 0 aromatic carbocycles. The third-order valence-electron chi connectivity index (χ3n) is 2.43. The molecule has 1 heterocycles. The lowest BCUT2D eigenvalue weighted by molar-refractivity contribution is -0.119. The van der Waals surface area contributed by atoms with E-state index in [1.807, 2.05) is 20.9 Å². The molecule has 0 spiro atoms. The SMILES string of the molecule is CCNC(=O)CN(C)c1ncnc(N)c1CC. The molecule has 6 nitrogen and oxygen atoms in total. The van der Waals surface area contributed by atoms with Crippen molar-refractivity contribution in [1.82, 2.24) is 15.3 Å². The number of nitrogens with one attached hydrogen (secondary N) is 1. The second-order valence-electron chi connectivity index (χ2n) is 3.72. The zero-order chi connectivity index (χ0) is 12.8. The Kier molecular flexibility index (Phi) is 4.68. The number of aromatic nitrogens is 2. The summed E-state index contributed by atoms with van der Waals surface area (Å²) < 4.78 is 0. The van der Waals surface area contributed by atoms with E-state index in [2.05, 4.69) is 15.3 Å². The average molecular weight is 237 g/mol. The van der Waals surface area contributed by atoms with Gasteiger partial charge in [0.05, 0.1) is 6.54 Å². The number of rotatable bonds is 5. The monoisotopic (exact) mass is 237 g/mol. The van der Waals surface area contributed by atoms with Crippen LogP contribution in [-0.2, 0) is 11.2 Å². The maximum Gasteiger partial charge on any atom is 0.239 e. The van der Waals surface area contributed by atoms with Crippen molar-refractivity contribution in [3.63, 3.8) is 0 Å². The summed E-state index contributed by atoms with van der Waals surface area (Å²) in [5, 5.41) is 2.74. The predicted molar refractivity (Wildman–Crippen MR) is 67.8 cm³/mol. The Balaban J connectivity index is 2.85. The van der Waals surface area contributed by atoms with Gasteiger partial charge in [-0.2, -0.15) is 0 Å². The van der Waals surface area contributed by atoms with Crippen molar-refractivity contribution in [3.8, 4) is 0 Å². The van der Waals surface area contributed by atoms with E-state index in [9.17, 15) is 4.79 Å². The van der Waals surface area contributed by atoms with E-state index in [0.29, 0.717) is 18.2 Å². The molecule has 1 amide bonds. The van der Waals surface area contributed by atoms with Crippen LogP contribution in [0.15, 0.2) is 6.33 Å². The minimum Gasteiger partial charge on any atom is -0.383 e. The molecule has 0 fully saturated rings. The predicted octanol–water partition coefficient (Wildman–Crippen LogP) is 0.194. The first kappa shape index (κ1) is 13.2. The summed E-state index contributed by atoms with van der Waals surface area (Å²) in [7, 11) is 1.82. The molecule has 6 heteroatoms. The van der Waals surface area contributed by atoms with Crippen molar-refractivity contribution < 1.29 is 4.79 Å². The Bertz CT molecular complexity index is 393. The number of carbonyl (C=O) groups excluding carboxylic acids is 1. The molecule has 1 rings (SSSR count). The van der Waals surface area contributed by atoms with Crippen LogP contribution < -0.4 is 16.0 Å². The van der Waals surface area contributed by atoms with Crippen LogP contribution >= 0.6 is 0 Å². The van der Waals surface area contributed by atoms with Gasteiger partial charge in [0.2, 0.25) is 5.91 Å². The molecule has 0 radical (unpaired) electrons. The molecule has 1 aromatic rings. The van der Waals surface area contributed by atoms with Crippen molar-refractivity contribution in [2.24, 2.45) is 0 Å². The van der Waals surface area contributed by atoms with Crippen LogP contribution in [0.25, 0.3) is 0 Å². The highest BCUT2D eigenvalue weighted by molar-refractivity contribution is 5.81. The normalized spacial score (nSPS) is 10.1. The minimum absolute atomic E-state index is 0.0331. The highest BCUT2D eigenvalue weighted by atomic mass is 16.2. The van der Waals surface area contributed by atoms with Crippen LogP contribution in [0.4, 0.5) is 11.6 Å². The number of anilines is 2. The molecule has 3 N–H and O–H groups in total. The highest BCUT2D eigenvalue weighted by Crippen LogP contribution is 2.20. The van der Waals surface area contributed by atoms with Crippen LogP contribution in [0.1, 0.15) is 19.4 Å². The van der Waals surface area contributed by atoms with Gasteiger partial charge in [0.1, 0.15) is 18.0 Å². The summed E-state index contributed by atoms with van der Waals surface area (Å²) in [5.74, 6) is 1.15. The lowest BCUT2D eigenvalue weighted by Gasteiger charge is -2.20. The second-order valence-corrected chi connectivity index (χ2v) is 3.72. The van der Waals surface area contributed by atoms with E-state index >= 15 is 0 Å². The van der Waals surface area contributed by atoms with E-state index < -0.39 is 0 Å². The maximum atomic E-state index is 11.5. The van der Waals surface area contributed by atoms with E-state index in [1.165, 1.54) is 6.33 Å². The molecule has 0 atom stereocenters. The van der Waals surface area contributed by atoms with Gasteiger partial charge in [0.15, 0.2) is 0 Å². The number of hydrogen-bond donors (Lipinski definition) is 2. The summed E-state index contributed by atoms with van der Waals surface area (Å²) in [5.41, 5.74) is 6.66. The summed E-state index contributed by atoms with van der Waals surface area (Å²) >= 11 is 0. The molecule has 0 saturated heterocycles. The standard InChI is InChI=1S/C11H19N5O/c1-4-8-10(12)14-7-15-11(8)16(3)6-9(17)13-5-2/h7H,4-6H2,1-3H3,(H,13,17)(H2,12,14,15). The molecule has 0 saturated carbocycles. The fourth-order valence-electron chi connectivity index (χ4n) is 1.63. The molecular weight excluding hydrogens is 218 g/mol. The van der Waals surface area contributed by atoms with Gasteiger partial charge in [-0.3, -0.25) is 4.79 Å². The molecule has 94 valence electrons. The van der Waals surface area contributed by atoms with Gasteiger partial charge in [-0.1, -0.05) is 6.92 Å². The third-order valence-corrected chi connectivity index (χ3v) is 2.43. The van der Waals surface area contributed by atoms with Gasteiger partial charge in [-0.05, 0) is 13.3 Å². The van der Waals surface area contributed by atoms with Crippen molar-refractivity contribution in [2.45, 2.75) is 20.3 Å². The first-order valence-corrected chi connectivity index (χ1v) is 5.67. The van der Waals surface area contributed by atoms with E-state index in [0.717, 1.165) is 12.0 Å². The Morgan fingerprint density at radius 3 is 2.76 bits per heavy atom. The van der Waals surface area contributed by atoms with Gasteiger partial charge in [0.25, 0.3) is 0 Å². The molecule has 0 bridgehead atoms. The van der Waals surface area contributed by atoms with Gasteiger partial charge in [-0.15, -0.1) is 0 Å². The number of hydrogen-bond acceptors (Lipinski definition) is 5. The van der Waals surface area contributed by atoms with Crippen LogP contribution in [0.5, 0.6) is 0 Å². The molecule has 0 aliphatic carbocycles. The Morgan fingerprint density at radius 1 is 1.47 bits per heavy atom. The number of nitrogens with zero attached hydrogens (tertiary/aromatic N) is 3. The molecule has 0 aliphatic rings. The Hall–Kier alpha value is -1.85. The van der Waals surface area contributed by atoms with Crippen LogP contribution in [0, 0.1) is 0 Å². The smallest absolute Gasteiger partial charge is 0.239 e. The van der Waals surface area contributed by atoms with Crippen molar-refractivity contribution in [1.29, 1.82) is 0 Å². The van der Waals surface area contributed by atoms with Gasteiger partial charge < -0.3 is 16.0 Å². The molecule has 1 aromatic heterocycles. The fourth-order valence-corrected chi connectivity index (χ4v) is 1.63. The lowest BCUT2D eigenvalue weighted by atomic mass is 10.2. The number of carbonyl (C=O) groups is 1. The average Bonchev–Trinajstić information content (AvgIpc) is 2.28. The quantitative estimate of drug-likeness (QED) is 0.764. The van der Waals surface area contributed by atoms with E-state index in [-0.39, 0.29) is 12.5 Å². The second kappa shape index (κ2) is 6.03. The highest BCUT2D eigenvalue weighted by Gasteiger charge is 2.13. The Labute approximate surface area is 101 Å². The number of nitrogen functional groups attached to an aromatic ring is 1. The molecular formula is C11H19N5O. The largest absolute Gasteiger partial charge is 0.383 e. The van der Waals surface area contributed by atoms with Gasteiger partial charge in [-0.25, -0.2) is 9.97 Å². The third kappa shape index (κ3) is 3.30. The van der Waals surface area contributed by atoms with Crippen molar-refractivity contribution in [2.75, 3.05) is 30.8 Å². The molecule has 0 aliphatic heterocycles. The van der Waals surface area contributed by atoms with E-state index in [4.69, 9.17) is 5.73 Å². The topological polar surface area (TPSA) is 84.1 Å². The van der Waals surface area contributed by atoms with Crippen LogP contribution in [-0.4, -0.2) is 36.0 Å². The van der Waals surface area contributed by atoms with Gasteiger partial charge >= 0.3 is 0 Å². The zero-order valence-corrected chi connectivity index (χ0v) is 10.5. The summed E-state index contributed by atoms with van der Waals surface area (Å²) in [6, 6.07) is 0. The molecule has 17 heavy (non-hydrogen) atoms. The number of likely N-dealkylation sites (N-methyl/N-ethyl adjacent to an activating group) is 2. The summed E-state index contributed by atoms with van der Waals surface area (Å²) in [6.07, 6.45) is 2.15. The summed E-state index contributed by atoms with van der Waals surface area (Å²) in [6.45, 7) is 4.76. The summed E-state index contributed by atoms with van der Waals surface area (Å²) in [4.78, 5) is 21.4. The minimum atomic E-state index is -0.0331. The Morgan fingerprint density at radius 2 is 2.18 bits per heavy atom. The lowest BCUT2D eigenvalue weighted by Crippen LogP contribution is -2.35. The van der Waals surface area contributed by atoms with Crippen LogP contribution in [0.2, 0.25) is 0 Å². The maximum absolute atomic E-state index is 11.5. The molecule has 0 unspecified atom stereocenters. The zero-order valence-electron chi connectivity index (χ0n) is 10.5. The van der Waals surface area contributed by atoms with Crippen molar-refractivity contribution in [3.05, 3.63) is 11.9 Å². The van der Waals surface area contributed by atoms with Crippen molar-refractivity contribution >= 4 is 17.5 Å². The number of nitrogens with two attached hydrogens (primary N) is 1. The van der Waals surface area contributed by atoms with Crippen LogP contribution in [0.3, 0.4) is 0 Å². The fraction of sp³-hybridized carbons (Fsp3) is 0.545. The first-order valence-electron chi connectivity index (χ1n) is 5.67. The number of amides is 1. The van der Waals surface area contributed by atoms with Gasteiger partial charge in [0, 0.05) is 19.2 Å². The first-order chi connectivity index (χ1) is 8.10. The van der Waals surface area contributed by atoms with E-state index in [1.54, 1.807) is 4.90 Å².